The van der Waals surface area contributed by atoms with Crippen LogP contribution in [0, 0.1) is 0 Å². The van der Waals surface area contributed by atoms with Crippen LogP contribution >= 0.6 is 0 Å². The Kier molecular flexibility index (Phi) is 9.25. The molecule has 0 radical (unpaired) electrons. The summed E-state index contributed by atoms with van der Waals surface area (Å²) in [6.45, 7) is 10.3. The largest absolute Gasteiger partial charge is 0.356 e. The SMILES string of the molecule is CN=C(NCCCCN1CCN(C)CC1)NCC1CCCN1Cc1ccccc1. The molecule has 2 N–H and O–H groups in total. The summed E-state index contributed by atoms with van der Waals surface area (Å²) >= 11 is 0. The zero-order chi connectivity index (χ0) is 20.3. The van der Waals surface area contributed by atoms with Crippen molar-refractivity contribution in [1.29, 1.82) is 0 Å². The fourth-order valence-electron chi connectivity index (χ4n) is 4.33. The van der Waals surface area contributed by atoms with Crippen molar-refractivity contribution < 1.29 is 0 Å². The van der Waals surface area contributed by atoms with Gasteiger partial charge < -0.3 is 20.4 Å². The van der Waals surface area contributed by atoms with Crippen molar-refractivity contribution in [2.45, 2.75) is 38.3 Å². The predicted molar refractivity (Wildman–Crippen MR) is 122 cm³/mol. The molecule has 1 aromatic carbocycles. The summed E-state index contributed by atoms with van der Waals surface area (Å²) in [6.07, 6.45) is 5.00. The van der Waals surface area contributed by atoms with Gasteiger partial charge >= 0.3 is 0 Å². The van der Waals surface area contributed by atoms with Gasteiger partial charge in [0.25, 0.3) is 0 Å². The highest BCUT2D eigenvalue weighted by molar-refractivity contribution is 5.79. The van der Waals surface area contributed by atoms with Gasteiger partial charge in [0.2, 0.25) is 0 Å². The maximum Gasteiger partial charge on any atom is 0.191 e. The molecule has 2 fully saturated rings. The molecule has 162 valence electrons. The molecule has 6 heteroatoms. The molecule has 2 aliphatic heterocycles. The lowest BCUT2D eigenvalue weighted by Gasteiger charge is -2.32. The van der Waals surface area contributed by atoms with Crippen molar-refractivity contribution >= 4 is 5.96 Å². The second-order valence-electron chi connectivity index (χ2n) is 8.48. The molecule has 2 heterocycles. The summed E-state index contributed by atoms with van der Waals surface area (Å²) in [5.41, 5.74) is 1.40. The lowest BCUT2D eigenvalue weighted by atomic mass is 10.2. The molecule has 2 saturated heterocycles. The van der Waals surface area contributed by atoms with Crippen LogP contribution in [0.25, 0.3) is 0 Å². The number of aliphatic imine (C=N–C) groups is 1. The predicted octanol–water partition coefficient (Wildman–Crippen LogP) is 1.84. The van der Waals surface area contributed by atoms with Crippen LogP contribution in [0.4, 0.5) is 0 Å². The summed E-state index contributed by atoms with van der Waals surface area (Å²) in [5.74, 6) is 0.941. The van der Waals surface area contributed by atoms with Crippen molar-refractivity contribution in [3.8, 4) is 0 Å². The molecule has 29 heavy (non-hydrogen) atoms. The van der Waals surface area contributed by atoms with Gasteiger partial charge in [-0.25, -0.2) is 0 Å². The van der Waals surface area contributed by atoms with Crippen molar-refractivity contribution in [2.75, 3.05) is 66.5 Å². The highest BCUT2D eigenvalue weighted by atomic mass is 15.2. The first-order chi connectivity index (χ1) is 14.2. The standard InChI is InChI=1S/C23H40N6/c1-24-23(25-12-6-7-13-28-17-15-27(2)16-18-28)26-19-22-11-8-14-29(22)20-21-9-4-3-5-10-21/h3-5,9-10,22H,6-8,11-20H2,1-2H3,(H2,24,25,26). The van der Waals surface area contributed by atoms with Crippen molar-refractivity contribution in [3.63, 3.8) is 0 Å². The lowest BCUT2D eigenvalue weighted by molar-refractivity contribution is 0.152. The van der Waals surface area contributed by atoms with Gasteiger partial charge in [-0.05, 0) is 51.4 Å². The number of likely N-dealkylation sites (tertiary alicyclic amines) is 1. The fraction of sp³-hybridized carbons (Fsp3) is 0.696. The van der Waals surface area contributed by atoms with E-state index >= 15 is 0 Å². The first-order valence-corrected chi connectivity index (χ1v) is 11.4. The topological polar surface area (TPSA) is 46.1 Å². The number of likely N-dealkylation sites (N-methyl/N-ethyl adjacent to an activating group) is 1. The average molecular weight is 401 g/mol. The molecule has 1 aromatic rings. The zero-order valence-electron chi connectivity index (χ0n) is 18.4. The van der Waals surface area contributed by atoms with Crippen LogP contribution in [0.5, 0.6) is 0 Å². The highest BCUT2D eigenvalue weighted by Gasteiger charge is 2.24. The molecule has 0 aromatic heterocycles. The molecule has 0 aliphatic carbocycles. The van der Waals surface area contributed by atoms with Crippen LogP contribution in [0.2, 0.25) is 0 Å². The molecule has 1 unspecified atom stereocenters. The van der Waals surface area contributed by atoms with E-state index in [0.717, 1.165) is 25.6 Å². The summed E-state index contributed by atoms with van der Waals surface area (Å²) in [6, 6.07) is 11.4. The molecule has 6 nitrogen and oxygen atoms in total. The second kappa shape index (κ2) is 12.2. The Balaban J connectivity index is 1.29. The molecule has 0 amide bonds. The number of benzene rings is 1. The zero-order valence-corrected chi connectivity index (χ0v) is 18.4. The van der Waals surface area contributed by atoms with Crippen LogP contribution in [-0.4, -0.2) is 93.2 Å². The minimum Gasteiger partial charge on any atom is -0.356 e. The van der Waals surface area contributed by atoms with E-state index in [2.05, 4.69) is 67.7 Å². The second-order valence-corrected chi connectivity index (χ2v) is 8.48. The summed E-state index contributed by atoms with van der Waals surface area (Å²) < 4.78 is 0. The number of rotatable bonds is 9. The molecule has 0 saturated carbocycles. The first-order valence-electron chi connectivity index (χ1n) is 11.4. The van der Waals surface area contributed by atoms with E-state index in [9.17, 15) is 0 Å². The third-order valence-electron chi connectivity index (χ3n) is 6.25. The number of unbranched alkanes of at least 4 members (excludes halogenated alkanes) is 1. The summed E-state index contributed by atoms with van der Waals surface area (Å²) in [7, 11) is 4.09. The third kappa shape index (κ3) is 7.61. The summed E-state index contributed by atoms with van der Waals surface area (Å²) in [4.78, 5) is 12.0. The van der Waals surface area contributed by atoms with E-state index in [-0.39, 0.29) is 0 Å². The molecule has 3 rings (SSSR count). The monoisotopic (exact) mass is 400 g/mol. The van der Waals surface area contributed by atoms with Crippen molar-refractivity contribution in [1.82, 2.24) is 25.3 Å². The van der Waals surface area contributed by atoms with Gasteiger partial charge in [0.05, 0.1) is 0 Å². The molecular weight excluding hydrogens is 360 g/mol. The quantitative estimate of drug-likeness (QED) is 0.376. The molecule has 0 bridgehead atoms. The van der Waals surface area contributed by atoms with Gasteiger partial charge in [0.1, 0.15) is 0 Å². The van der Waals surface area contributed by atoms with E-state index in [1.54, 1.807) is 0 Å². The molecule has 1 atom stereocenters. The number of guanidine groups is 1. The Morgan fingerprint density at radius 3 is 2.59 bits per heavy atom. The first kappa shape index (κ1) is 22.1. The van der Waals surface area contributed by atoms with Crippen LogP contribution in [0.3, 0.4) is 0 Å². The van der Waals surface area contributed by atoms with Crippen LogP contribution in [0.15, 0.2) is 35.3 Å². The van der Waals surface area contributed by atoms with Gasteiger partial charge in [-0.3, -0.25) is 9.89 Å². The minimum atomic E-state index is 0.589. The van der Waals surface area contributed by atoms with E-state index in [1.807, 2.05) is 7.05 Å². The van der Waals surface area contributed by atoms with E-state index < -0.39 is 0 Å². The Labute approximate surface area is 177 Å². The van der Waals surface area contributed by atoms with Crippen LogP contribution in [0.1, 0.15) is 31.2 Å². The summed E-state index contributed by atoms with van der Waals surface area (Å²) in [5, 5.41) is 7.05. The van der Waals surface area contributed by atoms with E-state index in [1.165, 1.54) is 70.5 Å². The van der Waals surface area contributed by atoms with Crippen LogP contribution in [-0.2, 0) is 6.54 Å². The lowest BCUT2D eigenvalue weighted by Crippen LogP contribution is -2.45. The van der Waals surface area contributed by atoms with Crippen molar-refractivity contribution in [3.05, 3.63) is 35.9 Å². The highest BCUT2D eigenvalue weighted by Crippen LogP contribution is 2.19. The number of nitrogens with one attached hydrogen (secondary N) is 2. The Morgan fingerprint density at radius 1 is 1.03 bits per heavy atom. The number of hydrogen-bond acceptors (Lipinski definition) is 4. The average Bonchev–Trinajstić information content (AvgIpc) is 3.19. The fourth-order valence-corrected chi connectivity index (χ4v) is 4.33. The molecule has 0 spiro atoms. The van der Waals surface area contributed by atoms with E-state index in [0.29, 0.717) is 6.04 Å². The smallest absolute Gasteiger partial charge is 0.191 e. The van der Waals surface area contributed by atoms with E-state index in [4.69, 9.17) is 0 Å². The maximum absolute atomic E-state index is 4.41. The normalized spacial score (nSPS) is 22.1. The maximum atomic E-state index is 4.41. The van der Waals surface area contributed by atoms with Gasteiger partial charge in [-0.1, -0.05) is 30.3 Å². The van der Waals surface area contributed by atoms with Crippen LogP contribution < -0.4 is 10.6 Å². The Hall–Kier alpha value is -1.63. The Morgan fingerprint density at radius 2 is 1.83 bits per heavy atom. The van der Waals surface area contributed by atoms with Gasteiger partial charge in [0.15, 0.2) is 5.96 Å². The minimum absolute atomic E-state index is 0.589. The van der Waals surface area contributed by atoms with Gasteiger partial charge in [-0.15, -0.1) is 0 Å². The number of hydrogen-bond donors (Lipinski definition) is 2. The van der Waals surface area contributed by atoms with Gasteiger partial charge in [-0.2, -0.15) is 0 Å². The number of piperazine rings is 1. The van der Waals surface area contributed by atoms with Gasteiger partial charge in [0, 0.05) is 58.9 Å². The third-order valence-corrected chi connectivity index (χ3v) is 6.25. The number of nitrogens with zero attached hydrogens (tertiary/aromatic N) is 4. The molecule has 2 aliphatic rings. The Bertz CT molecular complexity index is 597. The molecular formula is C23H40N6. The van der Waals surface area contributed by atoms with Crippen molar-refractivity contribution in [2.24, 2.45) is 4.99 Å².